The first-order chi connectivity index (χ1) is 14.9. The highest BCUT2D eigenvalue weighted by molar-refractivity contribution is 7.90. The molecule has 1 N–H and O–H groups in total. The average molecular weight is 495 g/mol. The van der Waals surface area contributed by atoms with Crippen LogP contribution < -0.4 is 5.32 Å². The molecular formula is C22H24Cl2N4O3S. The molecule has 10 heteroatoms. The third-order valence-electron chi connectivity index (χ3n) is 6.29. The summed E-state index contributed by atoms with van der Waals surface area (Å²) in [4.78, 5) is 13.5. The van der Waals surface area contributed by atoms with Gasteiger partial charge in [-0.1, -0.05) is 12.1 Å². The van der Waals surface area contributed by atoms with Gasteiger partial charge in [-0.3, -0.25) is 9.48 Å². The van der Waals surface area contributed by atoms with Crippen molar-refractivity contribution in [2.75, 3.05) is 6.26 Å². The molecule has 0 saturated heterocycles. The summed E-state index contributed by atoms with van der Waals surface area (Å²) in [7, 11) is -1.50. The molecule has 0 aliphatic heterocycles. The minimum absolute atomic E-state index is 0.233. The van der Waals surface area contributed by atoms with Gasteiger partial charge in [-0.05, 0) is 49.8 Å². The lowest BCUT2D eigenvalue weighted by molar-refractivity contribution is -0.127. The Labute approximate surface area is 197 Å². The van der Waals surface area contributed by atoms with Gasteiger partial charge < -0.3 is 5.32 Å². The highest BCUT2D eigenvalue weighted by Crippen LogP contribution is 2.49. The van der Waals surface area contributed by atoms with Gasteiger partial charge in [0.1, 0.15) is 9.87 Å². The fourth-order valence-corrected chi connectivity index (χ4v) is 5.52. The molecule has 2 aliphatic rings. The number of amides is 1. The Morgan fingerprint density at radius 2 is 1.91 bits per heavy atom. The van der Waals surface area contributed by atoms with Gasteiger partial charge in [-0.15, -0.1) is 23.2 Å². The molecule has 0 spiro atoms. The Kier molecular flexibility index (Phi) is 5.81. The van der Waals surface area contributed by atoms with Gasteiger partial charge in [0.2, 0.25) is 5.91 Å². The van der Waals surface area contributed by atoms with Gasteiger partial charge in [0.25, 0.3) is 0 Å². The third kappa shape index (κ3) is 4.66. The lowest BCUT2D eigenvalue weighted by Gasteiger charge is -2.37. The van der Waals surface area contributed by atoms with Gasteiger partial charge >= 0.3 is 0 Å². The topological polar surface area (TPSA) is 105 Å². The number of alkyl halides is 2. The zero-order chi connectivity index (χ0) is 23.3. The van der Waals surface area contributed by atoms with E-state index in [1.807, 2.05) is 6.20 Å². The summed E-state index contributed by atoms with van der Waals surface area (Å²) in [6, 6.07) is 8.82. The van der Waals surface area contributed by atoms with E-state index in [1.165, 1.54) is 6.26 Å². The van der Waals surface area contributed by atoms with Crippen LogP contribution >= 0.6 is 23.2 Å². The van der Waals surface area contributed by atoms with Crippen molar-refractivity contribution in [3.8, 4) is 17.2 Å². The average Bonchev–Trinajstić information content (AvgIpc) is 3.39. The molecule has 2 aliphatic carbocycles. The predicted octanol–water partition coefficient (Wildman–Crippen LogP) is 3.72. The number of aromatic nitrogens is 2. The van der Waals surface area contributed by atoms with Crippen LogP contribution in [0.3, 0.4) is 0 Å². The molecule has 2 saturated carbocycles. The van der Waals surface area contributed by atoms with Crippen LogP contribution in [0.4, 0.5) is 0 Å². The SMILES string of the molecule is Cn1cc(-c2ccc(S(C)(=O)=O)cc2)c([C@@H]2CCC(Cl)(Cl)C[C@H]2C(=O)NC2(C#N)CC2)n1. The van der Waals surface area contributed by atoms with E-state index >= 15 is 0 Å². The van der Waals surface area contributed by atoms with E-state index in [0.29, 0.717) is 25.7 Å². The number of nitriles is 1. The Morgan fingerprint density at radius 1 is 1.25 bits per heavy atom. The number of carbonyl (C=O) groups is 1. The highest BCUT2D eigenvalue weighted by Gasteiger charge is 2.49. The standard InChI is InChI=1S/C22H24Cl2N4O3S/c1-28-12-18(14-3-5-15(6-4-14)32(2,30)31)19(27-28)16-7-8-22(23,24)11-17(16)20(29)26-21(13-25)9-10-21/h3-6,12,16-17H,7-11H2,1-2H3,(H,26,29)/t16-,17-/m1/s1. The molecule has 32 heavy (non-hydrogen) atoms. The molecule has 1 aromatic heterocycles. The smallest absolute Gasteiger partial charge is 0.225 e. The first-order valence-corrected chi connectivity index (χ1v) is 13.0. The maximum absolute atomic E-state index is 13.2. The van der Waals surface area contributed by atoms with Crippen molar-refractivity contribution in [2.45, 2.75) is 52.8 Å². The van der Waals surface area contributed by atoms with Crippen molar-refractivity contribution in [1.29, 1.82) is 5.26 Å². The summed E-state index contributed by atoms with van der Waals surface area (Å²) in [5.41, 5.74) is 1.59. The van der Waals surface area contributed by atoms with Crippen molar-refractivity contribution >= 4 is 38.9 Å². The molecule has 1 amide bonds. The van der Waals surface area contributed by atoms with Gasteiger partial charge in [-0.2, -0.15) is 10.4 Å². The van der Waals surface area contributed by atoms with Crippen molar-refractivity contribution in [3.63, 3.8) is 0 Å². The van der Waals surface area contributed by atoms with Crippen molar-refractivity contribution in [3.05, 3.63) is 36.2 Å². The molecule has 170 valence electrons. The Bertz CT molecular complexity index is 1190. The number of nitrogens with one attached hydrogen (secondary N) is 1. The fraction of sp³-hybridized carbons (Fsp3) is 0.500. The zero-order valence-corrected chi connectivity index (χ0v) is 20.1. The van der Waals surface area contributed by atoms with Crippen LogP contribution in [-0.2, 0) is 21.7 Å². The first-order valence-electron chi connectivity index (χ1n) is 10.4. The largest absolute Gasteiger partial charge is 0.338 e. The predicted molar refractivity (Wildman–Crippen MR) is 122 cm³/mol. The number of hydrogen-bond donors (Lipinski definition) is 1. The van der Waals surface area contributed by atoms with Crippen molar-refractivity contribution in [1.82, 2.24) is 15.1 Å². The molecule has 2 atom stereocenters. The van der Waals surface area contributed by atoms with Crippen LogP contribution in [0.2, 0.25) is 0 Å². The van der Waals surface area contributed by atoms with Gasteiger partial charge in [-0.25, -0.2) is 8.42 Å². The van der Waals surface area contributed by atoms with Crippen LogP contribution in [0.15, 0.2) is 35.4 Å². The summed E-state index contributed by atoms with van der Waals surface area (Å²) >= 11 is 12.9. The molecule has 2 fully saturated rings. The Balaban J connectivity index is 1.70. The van der Waals surface area contributed by atoms with E-state index in [9.17, 15) is 18.5 Å². The maximum atomic E-state index is 13.2. The van der Waals surface area contributed by atoms with E-state index in [-0.39, 0.29) is 23.1 Å². The highest BCUT2D eigenvalue weighted by atomic mass is 35.5. The van der Waals surface area contributed by atoms with Crippen LogP contribution in [0.25, 0.3) is 11.1 Å². The second kappa shape index (κ2) is 8.05. The molecule has 4 rings (SSSR count). The second-order valence-electron chi connectivity index (χ2n) is 8.89. The molecule has 7 nitrogen and oxygen atoms in total. The number of hydrogen-bond acceptors (Lipinski definition) is 5. The Hall–Kier alpha value is -2.08. The van der Waals surface area contributed by atoms with Gasteiger partial charge in [0, 0.05) is 36.9 Å². The number of aryl methyl sites for hydroxylation is 1. The number of sulfone groups is 1. The molecule has 1 aromatic carbocycles. The number of benzene rings is 1. The van der Waals surface area contributed by atoms with E-state index in [4.69, 9.17) is 23.2 Å². The van der Waals surface area contributed by atoms with Crippen LogP contribution in [0.5, 0.6) is 0 Å². The molecule has 1 heterocycles. The van der Waals surface area contributed by atoms with Gasteiger partial charge in [0.15, 0.2) is 9.84 Å². The summed E-state index contributed by atoms with van der Waals surface area (Å²) in [6.45, 7) is 0. The minimum Gasteiger partial charge on any atom is -0.338 e. The number of rotatable bonds is 5. The summed E-state index contributed by atoms with van der Waals surface area (Å²) in [5, 5.41) is 16.9. The Morgan fingerprint density at radius 3 is 2.47 bits per heavy atom. The maximum Gasteiger partial charge on any atom is 0.225 e. The minimum atomic E-state index is -3.30. The van der Waals surface area contributed by atoms with E-state index < -0.39 is 25.6 Å². The lowest BCUT2D eigenvalue weighted by atomic mass is 9.75. The lowest BCUT2D eigenvalue weighted by Crippen LogP contribution is -2.45. The summed E-state index contributed by atoms with van der Waals surface area (Å²) in [5.74, 6) is -1.00. The number of carbonyl (C=O) groups excluding carboxylic acids is 1. The monoisotopic (exact) mass is 494 g/mol. The molecular weight excluding hydrogens is 471 g/mol. The van der Waals surface area contributed by atoms with Crippen LogP contribution in [0.1, 0.15) is 43.7 Å². The van der Waals surface area contributed by atoms with E-state index in [0.717, 1.165) is 16.8 Å². The third-order valence-corrected chi connectivity index (χ3v) is 8.11. The van der Waals surface area contributed by atoms with Crippen LogP contribution in [-0.4, -0.2) is 40.2 Å². The molecule has 0 radical (unpaired) electrons. The number of halogens is 2. The fourth-order valence-electron chi connectivity index (χ4n) is 4.34. The molecule has 0 unspecified atom stereocenters. The molecule has 2 aromatic rings. The first kappa shape index (κ1) is 23.1. The van der Waals surface area contributed by atoms with Crippen molar-refractivity contribution < 1.29 is 13.2 Å². The van der Waals surface area contributed by atoms with E-state index in [1.54, 1.807) is 36.0 Å². The van der Waals surface area contributed by atoms with E-state index in [2.05, 4.69) is 16.5 Å². The van der Waals surface area contributed by atoms with Crippen molar-refractivity contribution in [2.24, 2.45) is 13.0 Å². The summed E-state index contributed by atoms with van der Waals surface area (Å²) < 4.78 is 24.3. The normalized spacial score (nSPS) is 23.8. The molecule has 0 bridgehead atoms. The van der Waals surface area contributed by atoms with Gasteiger partial charge in [0.05, 0.1) is 16.7 Å². The number of nitrogens with zero attached hydrogens (tertiary/aromatic N) is 3. The van der Waals surface area contributed by atoms with Crippen LogP contribution in [0, 0.1) is 17.2 Å². The summed E-state index contributed by atoms with van der Waals surface area (Å²) in [6.07, 6.45) is 5.65. The zero-order valence-electron chi connectivity index (χ0n) is 17.8. The second-order valence-corrected chi connectivity index (χ2v) is 12.5. The quantitative estimate of drug-likeness (QED) is 0.637.